The summed E-state index contributed by atoms with van der Waals surface area (Å²) in [4.78, 5) is 28.7. The number of benzene rings is 1. The molecule has 23 heavy (non-hydrogen) atoms. The number of nitrogens with one attached hydrogen (secondary N) is 1. The van der Waals surface area contributed by atoms with Gasteiger partial charge < -0.3 is 9.84 Å². The van der Waals surface area contributed by atoms with Crippen LogP contribution >= 0.6 is 23.4 Å². The first-order valence-electron chi connectivity index (χ1n) is 6.88. The van der Waals surface area contributed by atoms with E-state index in [0.717, 1.165) is 5.56 Å². The highest BCUT2D eigenvalue weighted by Crippen LogP contribution is 2.20. The highest BCUT2D eigenvalue weighted by molar-refractivity contribution is 7.99. The van der Waals surface area contributed by atoms with Crippen LogP contribution in [0.4, 0.5) is 4.79 Å². The van der Waals surface area contributed by atoms with Gasteiger partial charge in [0.2, 0.25) is 17.6 Å². The third kappa shape index (κ3) is 3.83. The van der Waals surface area contributed by atoms with Gasteiger partial charge in [-0.15, -0.1) is 11.8 Å². The lowest BCUT2D eigenvalue weighted by atomic mass is 10.2. The van der Waals surface area contributed by atoms with Crippen molar-refractivity contribution >= 4 is 35.3 Å². The van der Waals surface area contributed by atoms with Gasteiger partial charge in [0, 0.05) is 23.7 Å². The highest BCUT2D eigenvalue weighted by Gasteiger charge is 2.25. The Bertz CT molecular complexity index is 719. The van der Waals surface area contributed by atoms with Gasteiger partial charge in [0.15, 0.2) is 0 Å². The molecule has 7 nitrogen and oxygen atoms in total. The van der Waals surface area contributed by atoms with E-state index in [9.17, 15) is 9.59 Å². The quantitative estimate of drug-likeness (QED) is 0.887. The zero-order valence-electron chi connectivity index (χ0n) is 12.0. The summed E-state index contributed by atoms with van der Waals surface area (Å²) in [5, 5.41) is 7.13. The van der Waals surface area contributed by atoms with Gasteiger partial charge in [0.05, 0.1) is 11.5 Å². The minimum Gasteiger partial charge on any atom is -0.338 e. The number of carbonyl (C=O) groups excluding carboxylic acids is 2. The summed E-state index contributed by atoms with van der Waals surface area (Å²) in [5.74, 6) is 1.28. The number of thioether (sulfide) groups is 1. The lowest BCUT2D eigenvalue weighted by Gasteiger charge is -2.10. The first-order valence-corrected chi connectivity index (χ1v) is 8.41. The maximum absolute atomic E-state index is 11.9. The van der Waals surface area contributed by atoms with Gasteiger partial charge in [-0.1, -0.05) is 16.8 Å². The fraction of sp³-hybridized carbons (Fsp3) is 0.286. The average Bonchev–Trinajstić information content (AvgIpc) is 3.17. The number of hydrogen-bond acceptors (Lipinski definition) is 6. The summed E-state index contributed by atoms with van der Waals surface area (Å²) < 4.78 is 5.16. The number of nitrogens with zero attached hydrogens (tertiary/aromatic N) is 3. The average molecular weight is 353 g/mol. The Morgan fingerprint density at radius 2 is 2.17 bits per heavy atom. The molecule has 0 atom stereocenters. The second kappa shape index (κ2) is 7.01. The number of carbonyl (C=O) groups is 2. The van der Waals surface area contributed by atoms with E-state index in [0.29, 0.717) is 35.6 Å². The summed E-state index contributed by atoms with van der Waals surface area (Å²) >= 11 is 7.16. The molecule has 1 aromatic heterocycles. The fourth-order valence-electron chi connectivity index (χ4n) is 2.04. The van der Waals surface area contributed by atoms with Gasteiger partial charge in [-0.25, -0.2) is 4.79 Å². The maximum Gasteiger partial charge on any atom is 0.324 e. The van der Waals surface area contributed by atoms with Crippen molar-refractivity contribution in [2.75, 3.05) is 18.8 Å². The van der Waals surface area contributed by atoms with Gasteiger partial charge in [0.1, 0.15) is 0 Å². The van der Waals surface area contributed by atoms with E-state index in [-0.39, 0.29) is 17.7 Å². The van der Waals surface area contributed by atoms with E-state index in [1.165, 1.54) is 16.7 Å². The van der Waals surface area contributed by atoms with Crippen LogP contribution in [0.25, 0.3) is 11.4 Å². The van der Waals surface area contributed by atoms with E-state index in [1.807, 2.05) is 0 Å². The molecule has 1 saturated heterocycles. The number of aromatic nitrogens is 2. The Morgan fingerprint density at radius 1 is 1.39 bits per heavy atom. The molecule has 2 aromatic rings. The fourth-order valence-corrected chi connectivity index (χ4v) is 2.89. The summed E-state index contributed by atoms with van der Waals surface area (Å²) in [6.07, 6.45) is 0. The second-order valence-electron chi connectivity index (χ2n) is 4.79. The third-order valence-corrected chi connectivity index (χ3v) is 4.33. The Balaban J connectivity index is 1.52. The first kappa shape index (κ1) is 15.8. The standard InChI is InChI=1S/C14H13ClN4O3S/c15-10-3-1-9(2-4-10)13-17-11(22-18-13)7-23-8-12(20)19-6-5-16-14(19)21/h1-4H,5-8H2,(H,16,21). The summed E-state index contributed by atoms with van der Waals surface area (Å²) in [6, 6.07) is 6.78. The van der Waals surface area contributed by atoms with E-state index in [2.05, 4.69) is 15.5 Å². The number of imide groups is 1. The molecular formula is C14H13ClN4O3S. The van der Waals surface area contributed by atoms with Crippen molar-refractivity contribution in [1.29, 1.82) is 0 Å². The molecule has 0 spiro atoms. The lowest BCUT2D eigenvalue weighted by Crippen LogP contribution is -2.35. The molecule has 120 valence electrons. The summed E-state index contributed by atoms with van der Waals surface area (Å²) in [6.45, 7) is 0.919. The van der Waals surface area contributed by atoms with Crippen molar-refractivity contribution in [2.24, 2.45) is 0 Å². The van der Waals surface area contributed by atoms with Gasteiger partial charge in [-0.3, -0.25) is 9.69 Å². The first-order chi connectivity index (χ1) is 11.1. The number of rotatable bonds is 5. The minimum absolute atomic E-state index is 0.187. The zero-order valence-corrected chi connectivity index (χ0v) is 13.6. The van der Waals surface area contributed by atoms with Gasteiger partial charge in [0.25, 0.3) is 0 Å². The molecule has 1 N–H and O–H groups in total. The van der Waals surface area contributed by atoms with Crippen LogP contribution in [0, 0.1) is 0 Å². The molecule has 1 aliphatic rings. The molecule has 1 aliphatic heterocycles. The van der Waals surface area contributed by atoms with Crippen molar-refractivity contribution in [3.05, 3.63) is 35.2 Å². The second-order valence-corrected chi connectivity index (χ2v) is 6.21. The lowest BCUT2D eigenvalue weighted by molar-refractivity contribution is -0.124. The molecule has 1 aromatic carbocycles. The molecule has 2 heterocycles. The monoisotopic (exact) mass is 352 g/mol. The van der Waals surface area contributed by atoms with E-state index in [4.69, 9.17) is 16.1 Å². The number of amides is 3. The van der Waals surface area contributed by atoms with Crippen LogP contribution in [0.3, 0.4) is 0 Å². The van der Waals surface area contributed by atoms with Crippen LogP contribution in [0.5, 0.6) is 0 Å². The number of halogens is 1. The zero-order chi connectivity index (χ0) is 16.2. The Labute approximate surface area is 141 Å². The molecule has 0 bridgehead atoms. The van der Waals surface area contributed by atoms with E-state index >= 15 is 0 Å². The highest BCUT2D eigenvalue weighted by atomic mass is 35.5. The third-order valence-electron chi connectivity index (χ3n) is 3.18. The van der Waals surface area contributed by atoms with Crippen LogP contribution < -0.4 is 5.32 Å². The van der Waals surface area contributed by atoms with Gasteiger partial charge >= 0.3 is 6.03 Å². The Hall–Kier alpha value is -2.06. The molecule has 9 heteroatoms. The van der Waals surface area contributed by atoms with Crippen LogP contribution in [0.1, 0.15) is 5.89 Å². The molecule has 0 aliphatic carbocycles. The van der Waals surface area contributed by atoms with Crippen molar-refractivity contribution in [3.8, 4) is 11.4 Å². The molecule has 0 unspecified atom stereocenters. The van der Waals surface area contributed by atoms with Gasteiger partial charge in [-0.05, 0) is 24.3 Å². The molecule has 3 rings (SSSR count). The van der Waals surface area contributed by atoms with Gasteiger partial charge in [-0.2, -0.15) is 4.98 Å². The van der Waals surface area contributed by atoms with Crippen molar-refractivity contribution < 1.29 is 14.1 Å². The Kier molecular flexibility index (Phi) is 4.82. The smallest absolute Gasteiger partial charge is 0.324 e. The number of hydrogen-bond donors (Lipinski definition) is 1. The normalized spacial score (nSPS) is 14.1. The molecule has 1 fully saturated rings. The van der Waals surface area contributed by atoms with Crippen LogP contribution in [-0.2, 0) is 10.5 Å². The van der Waals surface area contributed by atoms with Crippen molar-refractivity contribution in [1.82, 2.24) is 20.4 Å². The largest absolute Gasteiger partial charge is 0.338 e. The number of urea groups is 1. The van der Waals surface area contributed by atoms with Crippen LogP contribution in [0.15, 0.2) is 28.8 Å². The molecular weight excluding hydrogens is 340 g/mol. The van der Waals surface area contributed by atoms with E-state index in [1.54, 1.807) is 24.3 Å². The summed E-state index contributed by atoms with van der Waals surface area (Å²) in [7, 11) is 0. The van der Waals surface area contributed by atoms with Crippen LogP contribution in [0.2, 0.25) is 5.02 Å². The molecule has 3 amide bonds. The SMILES string of the molecule is O=C(CSCc1nc(-c2ccc(Cl)cc2)no1)N1CCNC1=O. The minimum atomic E-state index is -0.335. The van der Waals surface area contributed by atoms with Crippen LogP contribution in [-0.4, -0.2) is 45.8 Å². The van der Waals surface area contributed by atoms with Crippen molar-refractivity contribution in [2.45, 2.75) is 5.75 Å². The van der Waals surface area contributed by atoms with Crippen molar-refractivity contribution in [3.63, 3.8) is 0 Å². The maximum atomic E-state index is 11.9. The molecule has 0 saturated carbocycles. The Morgan fingerprint density at radius 3 is 2.87 bits per heavy atom. The topological polar surface area (TPSA) is 88.3 Å². The predicted octanol–water partition coefficient (Wildman–Crippen LogP) is 2.17. The molecule has 0 radical (unpaired) electrons. The predicted molar refractivity (Wildman–Crippen MR) is 86.0 cm³/mol. The van der Waals surface area contributed by atoms with E-state index < -0.39 is 0 Å². The summed E-state index contributed by atoms with van der Waals surface area (Å²) in [5.41, 5.74) is 0.805.